The van der Waals surface area contributed by atoms with Gasteiger partial charge in [-0.2, -0.15) is 4.68 Å². The van der Waals surface area contributed by atoms with E-state index in [0.29, 0.717) is 35.2 Å². The maximum absolute atomic E-state index is 13.3. The van der Waals surface area contributed by atoms with E-state index in [4.69, 9.17) is 9.47 Å². The van der Waals surface area contributed by atoms with Crippen molar-refractivity contribution in [3.63, 3.8) is 0 Å². The molecular weight excluding hydrogens is 427 g/mol. The van der Waals surface area contributed by atoms with Crippen molar-refractivity contribution in [3.05, 3.63) is 70.8 Å². The number of carbonyl (C=O) groups is 1. The summed E-state index contributed by atoms with van der Waals surface area (Å²) >= 11 is 0. The van der Waals surface area contributed by atoms with Gasteiger partial charge in [-0.05, 0) is 55.3 Å². The molecule has 172 valence electrons. The van der Waals surface area contributed by atoms with Gasteiger partial charge in [0.1, 0.15) is 11.6 Å². The summed E-state index contributed by atoms with van der Waals surface area (Å²) < 4.78 is 25.0. The van der Waals surface area contributed by atoms with Crippen LogP contribution in [0.5, 0.6) is 11.5 Å². The Hall–Kier alpha value is -3.88. The molecule has 4 rings (SSSR count). The van der Waals surface area contributed by atoms with Crippen LogP contribution in [0.1, 0.15) is 12.8 Å². The van der Waals surface area contributed by atoms with E-state index in [1.54, 1.807) is 38.5 Å². The molecule has 0 unspecified atom stereocenters. The molecule has 1 N–H and O–H groups in total. The van der Waals surface area contributed by atoms with Crippen LogP contribution in [-0.2, 0) is 4.79 Å². The summed E-state index contributed by atoms with van der Waals surface area (Å²) in [5, 5.41) is 7.41. The first-order chi connectivity index (χ1) is 16.0. The molecule has 0 radical (unpaired) electrons. The van der Waals surface area contributed by atoms with Crippen molar-refractivity contribution in [2.75, 3.05) is 37.5 Å². The average molecular weight is 452 g/mol. The molecule has 1 fully saturated rings. The maximum Gasteiger partial charge on any atom is 0.271 e. The number of rotatable bonds is 6. The summed E-state index contributed by atoms with van der Waals surface area (Å²) in [7, 11) is 3.10. The molecule has 2 aromatic carbocycles. The molecule has 0 aliphatic carbocycles. The molecule has 0 bridgehead atoms. The molecule has 8 nitrogen and oxygen atoms in total. The van der Waals surface area contributed by atoms with Crippen LogP contribution in [0.3, 0.4) is 0 Å². The minimum atomic E-state index is -0.387. The number of halogens is 1. The van der Waals surface area contributed by atoms with E-state index in [2.05, 4.69) is 10.4 Å². The first-order valence-electron chi connectivity index (χ1n) is 10.6. The van der Waals surface area contributed by atoms with Crippen LogP contribution in [0.2, 0.25) is 0 Å². The molecule has 1 aromatic heterocycles. The minimum absolute atomic E-state index is 0.0984. The Balaban J connectivity index is 1.49. The van der Waals surface area contributed by atoms with Crippen molar-refractivity contribution in [3.8, 4) is 17.2 Å². The Morgan fingerprint density at radius 3 is 2.55 bits per heavy atom. The zero-order valence-corrected chi connectivity index (χ0v) is 18.5. The Bertz CT molecular complexity index is 1200. The number of anilines is 2. The van der Waals surface area contributed by atoms with E-state index in [0.717, 1.165) is 19.4 Å². The second-order valence-electron chi connectivity index (χ2n) is 7.76. The van der Waals surface area contributed by atoms with Gasteiger partial charge in [0.05, 0.1) is 25.8 Å². The second kappa shape index (κ2) is 9.72. The highest BCUT2D eigenvalue weighted by Crippen LogP contribution is 2.30. The highest BCUT2D eigenvalue weighted by atomic mass is 19.1. The maximum atomic E-state index is 13.3. The van der Waals surface area contributed by atoms with Crippen LogP contribution in [-0.4, -0.2) is 43.0 Å². The first-order valence-corrected chi connectivity index (χ1v) is 10.6. The fourth-order valence-electron chi connectivity index (χ4n) is 3.89. The number of hydrogen-bond donors (Lipinski definition) is 1. The largest absolute Gasteiger partial charge is 0.493 e. The van der Waals surface area contributed by atoms with E-state index in [1.165, 1.54) is 35.0 Å². The Labute approximate surface area is 190 Å². The summed E-state index contributed by atoms with van der Waals surface area (Å²) in [6.07, 6.45) is 1.55. The van der Waals surface area contributed by atoms with Crippen molar-refractivity contribution in [1.82, 2.24) is 9.78 Å². The minimum Gasteiger partial charge on any atom is -0.493 e. The number of benzene rings is 2. The van der Waals surface area contributed by atoms with Gasteiger partial charge in [0.15, 0.2) is 11.5 Å². The van der Waals surface area contributed by atoms with Gasteiger partial charge in [0, 0.05) is 30.9 Å². The predicted molar refractivity (Wildman–Crippen MR) is 123 cm³/mol. The summed E-state index contributed by atoms with van der Waals surface area (Å²) in [4.78, 5) is 27.3. The SMILES string of the molecule is COc1ccc(NC(=O)[C@@H]2CCCN(c3ccc(=O)n(-c4ccc(F)cc4)n3)C2)cc1OC. The van der Waals surface area contributed by atoms with E-state index in [-0.39, 0.29) is 23.2 Å². The van der Waals surface area contributed by atoms with Crippen molar-refractivity contribution in [2.45, 2.75) is 12.8 Å². The predicted octanol–water partition coefficient (Wildman–Crippen LogP) is 3.24. The first kappa shape index (κ1) is 22.3. The lowest BCUT2D eigenvalue weighted by Crippen LogP contribution is -2.41. The number of hydrogen-bond acceptors (Lipinski definition) is 6. The molecule has 1 saturated heterocycles. The molecular formula is C24H25FN4O4. The zero-order chi connectivity index (χ0) is 23.4. The van der Waals surface area contributed by atoms with Crippen molar-refractivity contribution in [2.24, 2.45) is 5.92 Å². The van der Waals surface area contributed by atoms with E-state index in [9.17, 15) is 14.0 Å². The third kappa shape index (κ3) is 4.97. The Morgan fingerprint density at radius 1 is 1.06 bits per heavy atom. The number of nitrogens with one attached hydrogen (secondary N) is 1. The normalized spacial score (nSPS) is 15.7. The van der Waals surface area contributed by atoms with Gasteiger partial charge in [-0.1, -0.05) is 0 Å². The Morgan fingerprint density at radius 2 is 1.82 bits per heavy atom. The lowest BCUT2D eigenvalue weighted by Gasteiger charge is -2.33. The molecule has 1 aliphatic rings. The van der Waals surface area contributed by atoms with Crippen LogP contribution in [0.25, 0.3) is 5.69 Å². The van der Waals surface area contributed by atoms with Gasteiger partial charge in [0.25, 0.3) is 5.56 Å². The summed E-state index contributed by atoms with van der Waals surface area (Å²) in [6, 6.07) is 13.9. The Kier molecular flexibility index (Phi) is 6.58. The van der Waals surface area contributed by atoms with Crippen LogP contribution in [0.4, 0.5) is 15.9 Å². The van der Waals surface area contributed by atoms with Gasteiger partial charge in [0.2, 0.25) is 5.91 Å². The summed E-state index contributed by atoms with van der Waals surface area (Å²) in [6.45, 7) is 1.18. The lowest BCUT2D eigenvalue weighted by atomic mass is 9.97. The number of aromatic nitrogens is 2. The second-order valence-corrected chi connectivity index (χ2v) is 7.76. The molecule has 9 heteroatoms. The topological polar surface area (TPSA) is 85.7 Å². The number of amides is 1. The fourth-order valence-corrected chi connectivity index (χ4v) is 3.89. The quantitative estimate of drug-likeness (QED) is 0.618. The number of nitrogens with zero attached hydrogens (tertiary/aromatic N) is 3. The molecule has 1 aliphatic heterocycles. The highest BCUT2D eigenvalue weighted by Gasteiger charge is 2.27. The lowest BCUT2D eigenvalue weighted by molar-refractivity contribution is -0.120. The summed E-state index contributed by atoms with van der Waals surface area (Å²) in [5.74, 6) is 0.970. The van der Waals surface area contributed by atoms with Gasteiger partial charge >= 0.3 is 0 Å². The van der Waals surface area contributed by atoms with Gasteiger partial charge < -0.3 is 19.7 Å². The van der Waals surface area contributed by atoms with E-state index < -0.39 is 0 Å². The van der Waals surface area contributed by atoms with Crippen molar-refractivity contribution < 1.29 is 18.7 Å². The third-order valence-corrected chi connectivity index (χ3v) is 5.62. The fraction of sp³-hybridized carbons (Fsp3) is 0.292. The molecule has 3 aromatic rings. The highest BCUT2D eigenvalue weighted by molar-refractivity contribution is 5.93. The molecule has 2 heterocycles. The molecule has 1 atom stereocenters. The summed E-state index contributed by atoms with van der Waals surface area (Å²) in [5.41, 5.74) is 0.783. The number of methoxy groups -OCH3 is 2. The van der Waals surface area contributed by atoms with Crippen LogP contribution in [0, 0.1) is 11.7 Å². The monoisotopic (exact) mass is 452 g/mol. The van der Waals surface area contributed by atoms with Crippen LogP contribution < -0.4 is 25.2 Å². The molecule has 33 heavy (non-hydrogen) atoms. The van der Waals surface area contributed by atoms with Gasteiger partial charge in [-0.3, -0.25) is 9.59 Å². The zero-order valence-electron chi connectivity index (χ0n) is 18.5. The molecule has 0 saturated carbocycles. The average Bonchev–Trinajstić information content (AvgIpc) is 2.85. The standard InChI is InChI=1S/C24H25FN4O4/c1-32-20-10-7-18(14-21(20)33-2)26-24(31)16-4-3-13-28(15-16)22-11-12-23(30)29(27-22)19-8-5-17(25)6-9-19/h5-12,14,16H,3-4,13,15H2,1-2H3,(H,26,31)/t16-/m1/s1. The van der Waals surface area contributed by atoms with Crippen LogP contribution >= 0.6 is 0 Å². The number of carbonyl (C=O) groups excluding carboxylic acids is 1. The van der Waals surface area contributed by atoms with Gasteiger partial charge in [-0.15, -0.1) is 5.10 Å². The third-order valence-electron chi connectivity index (χ3n) is 5.62. The smallest absolute Gasteiger partial charge is 0.271 e. The molecule has 0 spiro atoms. The van der Waals surface area contributed by atoms with E-state index in [1.807, 2.05) is 4.90 Å². The molecule has 1 amide bonds. The van der Waals surface area contributed by atoms with Crippen molar-refractivity contribution >= 4 is 17.4 Å². The van der Waals surface area contributed by atoms with Gasteiger partial charge in [-0.25, -0.2) is 4.39 Å². The van der Waals surface area contributed by atoms with Crippen LogP contribution in [0.15, 0.2) is 59.4 Å². The van der Waals surface area contributed by atoms with Crippen molar-refractivity contribution in [1.29, 1.82) is 0 Å². The number of piperidine rings is 1. The van der Waals surface area contributed by atoms with E-state index >= 15 is 0 Å². The number of ether oxygens (including phenoxy) is 2.